The van der Waals surface area contributed by atoms with Crippen LogP contribution in [0, 0.1) is 5.92 Å². The molecule has 0 aromatic carbocycles. The van der Waals surface area contributed by atoms with Gasteiger partial charge in [-0.25, -0.2) is 4.79 Å². The number of hydrogen-bond acceptors (Lipinski definition) is 6. The van der Waals surface area contributed by atoms with E-state index >= 15 is 0 Å². The van der Waals surface area contributed by atoms with Gasteiger partial charge in [-0.05, 0) is 0 Å². The second-order valence-corrected chi connectivity index (χ2v) is 5.02. The highest BCUT2D eigenvalue weighted by Gasteiger charge is 2.50. The molecule has 0 amide bonds. The van der Waals surface area contributed by atoms with Crippen molar-refractivity contribution in [3.63, 3.8) is 0 Å². The number of rotatable bonds is 2. The van der Waals surface area contributed by atoms with Crippen molar-refractivity contribution in [2.24, 2.45) is 5.92 Å². The van der Waals surface area contributed by atoms with Crippen LogP contribution < -0.4 is 11.2 Å². The van der Waals surface area contributed by atoms with Crippen molar-refractivity contribution in [3.05, 3.63) is 32.6 Å². The highest BCUT2D eigenvalue weighted by atomic mass is 19.4. The third-order valence-electron chi connectivity index (χ3n) is 3.73. The van der Waals surface area contributed by atoms with Gasteiger partial charge in [0.05, 0.1) is 24.9 Å². The number of aliphatic hydroxyl groups is 4. The van der Waals surface area contributed by atoms with Crippen LogP contribution in [0.2, 0.25) is 0 Å². The van der Waals surface area contributed by atoms with E-state index in [4.69, 9.17) is 5.11 Å². The van der Waals surface area contributed by atoms with Crippen LogP contribution in [0.25, 0.3) is 0 Å². The molecule has 0 saturated heterocycles. The smallest absolute Gasteiger partial charge is 0.396 e. The Morgan fingerprint density at radius 2 is 1.73 bits per heavy atom. The Balaban J connectivity index is 2.58. The Labute approximate surface area is 120 Å². The van der Waals surface area contributed by atoms with Gasteiger partial charge in [-0.3, -0.25) is 14.3 Å². The van der Waals surface area contributed by atoms with Crippen molar-refractivity contribution in [2.45, 2.75) is 30.5 Å². The minimum Gasteiger partial charge on any atom is -0.396 e. The van der Waals surface area contributed by atoms with Crippen LogP contribution in [0.1, 0.15) is 11.6 Å². The largest absolute Gasteiger partial charge is 0.423 e. The molecule has 2 unspecified atom stereocenters. The number of nitrogens with zero attached hydrogens (tertiary/aromatic N) is 1. The zero-order valence-electron chi connectivity index (χ0n) is 10.9. The van der Waals surface area contributed by atoms with Gasteiger partial charge in [-0.15, -0.1) is 0 Å². The monoisotopic (exact) mass is 326 g/mol. The molecule has 1 heterocycles. The van der Waals surface area contributed by atoms with Crippen molar-refractivity contribution in [3.8, 4) is 0 Å². The van der Waals surface area contributed by atoms with E-state index in [1.807, 2.05) is 0 Å². The van der Waals surface area contributed by atoms with E-state index in [0.717, 1.165) is 0 Å². The first kappa shape index (κ1) is 16.7. The molecule has 0 bridgehead atoms. The molecule has 5 N–H and O–H groups in total. The van der Waals surface area contributed by atoms with Crippen molar-refractivity contribution in [1.82, 2.24) is 9.55 Å². The lowest BCUT2D eigenvalue weighted by atomic mass is 10.0. The fourth-order valence-corrected chi connectivity index (χ4v) is 2.57. The maximum absolute atomic E-state index is 12.7. The number of H-pyrrole nitrogens is 1. The minimum absolute atomic E-state index is 0.171. The highest BCUT2D eigenvalue weighted by Crippen LogP contribution is 2.35. The Bertz CT molecular complexity index is 669. The molecule has 1 aromatic rings. The lowest BCUT2D eigenvalue weighted by Crippen LogP contribution is -2.42. The quantitative estimate of drug-likeness (QED) is 0.418. The van der Waals surface area contributed by atoms with E-state index in [0.29, 0.717) is 4.57 Å². The predicted octanol–water partition coefficient (Wildman–Crippen LogP) is -2.20. The Kier molecular flexibility index (Phi) is 4.17. The SMILES string of the molecule is O=c1[nH]c(=O)n([C@H]2C(O)C(O)[C@@H](CO)[C@@H]2O)cc1C(F)(F)F. The van der Waals surface area contributed by atoms with Crippen molar-refractivity contribution in [2.75, 3.05) is 6.61 Å². The van der Waals surface area contributed by atoms with Crippen LogP contribution in [0.4, 0.5) is 13.2 Å². The average molecular weight is 326 g/mol. The van der Waals surface area contributed by atoms with Crippen LogP contribution in [0.3, 0.4) is 0 Å². The van der Waals surface area contributed by atoms with Gasteiger partial charge in [-0.2, -0.15) is 13.2 Å². The van der Waals surface area contributed by atoms with Gasteiger partial charge in [0.1, 0.15) is 11.7 Å². The molecule has 1 saturated carbocycles. The van der Waals surface area contributed by atoms with Gasteiger partial charge in [0.15, 0.2) is 0 Å². The number of hydrogen-bond donors (Lipinski definition) is 5. The van der Waals surface area contributed by atoms with Crippen molar-refractivity contribution >= 4 is 0 Å². The van der Waals surface area contributed by atoms with Gasteiger partial charge >= 0.3 is 11.9 Å². The van der Waals surface area contributed by atoms with Gasteiger partial charge in [0.25, 0.3) is 5.56 Å². The van der Waals surface area contributed by atoms with Crippen LogP contribution in [-0.2, 0) is 6.18 Å². The highest BCUT2D eigenvalue weighted by molar-refractivity contribution is 5.12. The Morgan fingerprint density at radius 3 is 2.18 bits per heavy atom. The van der Waals surface area contributed by atoms with Crippen LogP contribution in [0.5, 0.6) is 0 Å². The third kappa shape index (κ3) is 2.56. The topological polar surface area (TPSA) is 136 Å². The summed E-state index contributed by atoms with van der Waals surface area (Å²) in [6, 6.07) is -1.64. The second-order valence-electron chi connectivity index (χ2n) is 5.02. The summed E-state index contributed by atoms with van der Waals surface area (Å²) in [6.45, 7) is -0.750. The molecule has 1 aliphatic rings. The van der Waals surface area contributed by atoms with E-state index in [2.05, 4.69) is 0 Å². The standard InChI is InChI=1S/C11H13F3N2O6/c12-11(13,14)4-1-16(10(22)15-9(4)21)5-6(18)3(2-17)7(19)8(5)20/h1,3,5-8,17-20H,2H2,(H,15,21,22)/t3-,5+,6-,7?,8?/m0/s1. The Morgan fingerprint density at radius 1 is 1.14 bits per heavy atom. The maximum atomic E-state index is 12.7. The first-order valence-electron chi connectivity index (χ1n) is 6.17. The first-order chi connectivity index (χ1) is 10.1. The molecule has 124 valence electrons. The fraction of sp³-hybridized carbons (Fsp3) is 0.636. The maximum Gasteiger partial charge on any atom is 0.423 e. The molecule has 2 rings (SSSR count). The first-order valence-corrected chi connectivity index (χ1v) is 6.17. The third-order valence-corrected chi connectivity index (χ3v) is 3.73. The zero-order chi connectivity index (χ0) is 16.8. The molecule has 11 heteroatoms. The zero-order valence-corrected chi connectivity index (χ0v) is 10.9. The van der Waals surface area contributed by atoms with Gasteiger partial charge in [-0.1, -0.05) is 0 Å². The van der Waals surface area contributed by atoms with Crippen molar-refractivity contribution in [1.29, 1.82) is 0 Å². The molecular weight excluding hydrogens is 313 g/mol. The molecule has 8 nitrogen and oxygen atoms in total. The molecule has 0 spiro atoms. The lowest BCUT2D eigenvalue weighted by molar-refractivity contribution is -0.139. The summed E-state index contributed by atoms with van der Waals surface area (Å²) >= 11 is 0. The van der Waals surface area contributed by atoms with Crippen LogP contribution >= 0.6 is 0 Å². The fourth-order valence-electron chi connectivity index (χ4n) is 2.57. The molecule has 1 aromatic heterocycles. The number of nitrogens with one attached hydrogen (secondary N) is 1. The number of aromatic nitrogens is 2. The van der Waals surface area contributed by atoms with E-state index < -0.39 is 59.9 Å². The number of aromatic amines is 1. The molecule has 0 aliphatic heterocycles. The van der Waals surface area contributed by atoms with Crippen molar-refractivity contribution < 1.29 is 33.6 Å². The van der Waals surface area contributed by atoms with E-state index in [-0.39, 0.29) is 6.20 Å². The van der Waals surface area contributed by atoms with E-state index in [1.54, 1.807) is 0 Å². The molecule has 5 atom stereocenters. The van der Waals surface area contributed by atoms with Crippen LogP contribution in [-0.4, -0.2) is 54.9 Å². The van der Waals surface area contributed by atoms with E-state index in [9.17, 15) is 38.1 Å². The summed E-state index contributed by atoms with van der Waals surface area (Å²) in [6.07, 6.45) is -9.99. The number of halogens is 3. The Hall–Kier alpha value is -1.69. The summed E-state index contributed by atoms with van der Waals surface area (Å²) in [7, 11) is 0. The average Bonchev–Trinajstić information content (AvgIpc) is 2.60. The van der Waals surface area contributed by atoms with Crippen LogP contribution in [0.15, 0.2) is 15.8 Å². The molecular formula is C11H13F3N2O6. The lowest BCUT2D eigenvalue weighted by Gasteiger charge is -2.22. The van der Waals surface area contributed by atoms with Gasteiger partial charge < -0.3 is 20.4 Å². The predicted molar refractivity (Wildman–Crippen MR) is 64.0 cm³/mol. The molecule has 1 aliphatic carbocycles. The summed E-state index contributed by atoms with van der Waals surface area (Å²) in [4.78, 5) is 24.3. The minimum atomic E-state index is -5.05. The number of aliphatic hydroxyl groups excluding tert-OH is 4. The summed E-state index contributed by atoms with van der Waals surface area (Å²) < 4.78 is 38.4. The summed E-state index contributed by atoms with van der Waals surface area (Å²) in [5.41, 5.74) is -4.63. The number of alkyl halides is 3. The normalized spacial score (nSPS) is 32.4. The summed E-state index contributed by atoms with van der Waals surface area (Å²) in [5.74, 6) is -1.24. The van der Waals surface area contributed by atoms with E-state index in [1.165, 1.54) is 4.98 Å². The summed E-state index contributed by atoms with van der Waals surface area (Å²) in [5, 5.41) is 38.4. The molecule has 22 heavy (non-hydrogen) atoms. The second kappa shape index (κ2) is 5.50. The molecule has 0 radical (unpaired) electrons. The van der Waals surface area contributed by atoms with Gasteiger partial charge in [0.2, 0.25) is 0 Å². The molecule has 1 fully saturated rings. The van der Waals surface area contributed by atoms with Gasteiger partial charge in [0, 0.05) is 12.1 Å².